The van der Waals surface area contributed by atoms with Crippen molar-refractivity contribution in [2.24, 2.45) is 11.8 Å². The number of likely N-dealkylation sites (tertiary alicyclic amines) is 1. The second kappa shape index (κ2) is 6.03. The first-order chi connectivity index (χ1) is 11.6. The highest BCUT2D eigenvalue weighted by Gasteiger charge is 2.33. The molecule has 1 aliphatic carbocycles. The van der Waals surface area contributed by atoms with Crippen LogP contribution < -0.4 is 5.56 Å². The maximum atomic E-state index is 12.6. The van der Waals surface area contributed by atoms with Gasteiger partial charge in [0, 0.05) is 20.0 Å². The molecule has 0 bridgehead atoms. The van der Waals surface area contributed by atoms with E-state index in [1.165, 1.54) is 36.6 Å². The molecule has 4 rings (SSSR count). The molecule has 1 saturated heterocycles. The number of carbonyl (C=O) groups excluding carboxylic acids is 1. The zero-order chi connectivity index (χ0) is 16.7. The number of fused-ring (bicyclic) bond motifs is 2. The van der Waals surface area contributed by atoms with Crippen molar-refractivity contribution >= 4 is 17.1 Å². The van der Waals surface area contributed by atoms with Crippen molar-refractivity contribution in [1.82, 2.24) is 19.4 Å². The Morgan fingerprint density at radius 2 is 2.08 bits per heavy atom. The quantitative estimate of drug-likeness (QED) is 0.837. The largest absolute Gasteiger partial charge is 0.422 e. The molecular weight excluding hydrogens is 308 g/mol. The van der Waals surface area contributed by atoms with Gasteiger partial charge in [-0.15, -0.1) is 0 Å². The van der Waals surface area contributed by atoms with Crippen molar-refractivity contribution in [2.75, 3.05) is 13.1 Å². The molecule has 1 saturated carbocycles. The lowest BCUT2D eigenvalue weighted by molar-refractivity contribution is -0.135. The van der Waals surface area contributed by atoms with Crippen LogP contribution in [0.15, 0.2) is 15.5 Å². The minimum atomic E-state index is -0.322. The lowest BCUT2D eigenvalue weighted by atomic mass is 9.75. The second-order valence-electron chi connectivity index (χ2n) is 7.00. The Morgan fingerprint density at radius 3 is 2.92 bits per heavy atom. The summed E-state index contributed by atoms with van der Waals surface area (Å²) in [5, 5.41) is 0. The molecule has 2 aliphatic rings. The minimum absolute atomic E-state index is 0.0116. The Balaban J connectivity index is 1.50. The van der Waals surface area contributed by atoms with Crippen molar-refractivity contribution in [3.8, 4) is 0 Å². The van der Waals surface area contributed by atoms with Gasteiger partial charge >= 0.3 is 0 Å². The summed E-state index contributed by atoms with van der Waals surface area (Å²) in [6, 6.07) is 0. The molecule has 128 valence electrons. The highest BCUT2D eigenvalue weighted by atomic mass is 16.4. The molecule has 3 heterocycles. The van der Waals surface area contributed by atoms with Crippen LogP contribution in [0.2, 0.25) is 0 Å². The van der Waals surface area contributed by atoms with Gasteiger partial charge < -0.3 is 9.32 Å². The SMILES string of the molecule is Cc1nc2c(=O)n(CC(=O)N3CCC4CCCCC4C3)cnc2o1. The average Bonchev–Trinajstić information content (AvgIpc) is 2.98. The zero-order valence-electron chi connectivity index (χ0n) is 13.9. The van der Waals surface area contributed by atoms with Gasteiger partial charge in [0.05, 0.1) is 0 Å². The Labute approximate surface area is 139 Å². The molecule has 7 heteroatoms. The Morgan fingerprint density at radius 1 is 1.29 bits per heavy atom. The molecule has 1 aliphatic heterocycles. The van der Waals surface area contributed by atoms with E-state index in [4.69, 9.17) is 4.42 Å². The molecule has 7 nitrogen and oxygen atoms in total. The molecule has 1 amide bonds. The highest BCUT2D eigenvalue weighted by molar-refractivity contribution is 5.76. The van der Waals surface area contributed by atoms with E-state index < -0.39 is 0 Å². The number of carbonyl (C=O) groups is 1. The lowest BCUT2D eigenvalue weighted by Crippen LogP contribution is -2.46. The summed E-state index contributed by atoms with van der Waals surface area (Å²) >= 11 is 0. The molecular formula is C17H22N4O3. The topological polar surface area (TPSA) is 81.2 Å². The predicted molar refractivity (Wildman–Crippen MR) is 87.4 cm³/mol. The molecule has 2 unspecified atom stereocenters. The van der Waals surface area contributed by atoms with Gasteiger partial charge in [-0.05, 0) is 24.7 Å². The normalized spacial score (nSPS) is 24.1. The summed E-state index contributed by atoms with van der Waals surface area (Å²) in [6.45, 7) is 3.32. The molecule has 2 aromatic heterocycles. The molecule has 24 heavy (non-hydrogen) atoms. The van der Waals surface area contributed by atoms with Crippen LogP contribution in [0.3, 0.4) is 0 Å². The standard InChI is InChI=1S/C17H22N4O3/c1-11-19-15-16(24-11)18-10-21(17(15)23)9-14(22)20-7-6-12-4-2-3-5-13(12)8-20/h10,12-13H,2-9H2,1H3. The summed E-state index contributed by atoms with van der Waals surface area (Å²) in [5.74, 6) is 1.80. The monoisotopic (exact) mass is 330 g/mol. The van der Waals surface area contributed by atoms with E-state index in [2.05, 4.69) is 9.97 Å². The fraction of sp³-hybridized carbons (Fsp3) is 0.647. The first kappa shape index (κ1) is 15.4. The van der Waals surface area contributed by atoms with E-state index in [1.807, 2.05) is 4.90 Å². The fourth-order valence-electron chi connectivity index (χ4n) is 4.14. The first-order valence-electron chi connectivity index (χ1n) is 8.72. The third-order valence-electron chi connectivity index (χ3n) is 5.44. The smallest absolute Gasteiger partial charge is 0.283 e. The molecule has 0 spiro atoms. The number of aryl methyl sites for hydroxylation is 1. The second-order valence-corrected chi connectivity index (χ2v) is 7.00. The Bertz CT molecular complexity index is 825. The number of hydrogen-bond donors (Lipinski definition) is 0. The summed E-state index contributed by atoms with van der Waals surface area (Å²) < 4.78 is 6.59. The number of aromatic nitrogens is 3. The van der Waals surface area contributed by atoms with Crippen molar-refractivity contribution in [3.05, 3.63) is 22.6 Å². The van der Waals surface area contributed by atoms with Crippen LogP contribution in [0.5, 0.6) is 0 Å². The van der Waals surface area contributed by atoms with Crippen LogP contribution in [0.1, 0.15) is 38.0 Å². The van der Waals surface area contributed by atoms with Crippen molar-refractivity contribution < 1.29 is 9.21 Å². The summed E-state index contributed by atoms with van der Waals surface area (Å²) in [4.78, 5) is 35.1. The van der Waals surface area contributed by atoms with E-state index in [-0.39, 0.29) is 29.2 Å². The average molecular weight is 330 g/mol. The van der Waals surface area contributed by atoms with Crippen LogP contribution in [-0.4, -0.2) is 38.4 Å². The number of piperidine rings is 1. The Hall–Kier alpha value is -2.18. The minimum Gasteiger partial charge on any atom is -0.422 e. The third-order valence-corrected chi connectivity index (χ3v) is 5.44. The van der Waals surface area contributed by atoms with Crippen molar-refractivity contribution in [3.63, 3.8) is 0 Å². The van der Waals surface area contributed by atoms with E-state index in [9.17, 15) is 9.59 Å². The first-order valence-corrected chi connectivity index (χ1v) is 8.72. The number of amides is 1. The van der Waals surface area contributed by atoms with Gasteiger partial charge in [0.15, 0.2) is 11.4 Å². The number of hydrogen-bond acceptors (Lipinski definition) is 5. The molecule has 2 atom stereocenters. The fourth-order valence-corrected chi connectivity index (χ4v) is 4.14. The van der Waals surface area contributed by atoms with E-state index in [0.717, 1.165) is 25.4 Å². The summed E-state index contributed by atoms with van der Waals surface area (Å²) in [7, 11) is 0. The van der Waals surface area contributed by atoms with Gasteiger partial charge in [0.1, 0.15) is 12.9 Å². The molecule has 0 aromatic carbocycles. The van der Waals surface area contributed by atoms with Gasteiger partial charge in [0.2, 0.25) is 5.91 Å². The van der Waals surface area contributed by atoms with E-state index >= 15 is 0 Å². The molecule has 0 N–H and O–H groups in total. The number of oxazole rings is 1. The van der Waals surface area contributed by atoms with Crippen molar-refractivity contribution in [1.29, 1.82) is 0 Å². The number of nitrogens with zero attached hydrogens (tertiary/aromatic N) is 4. The van der Waals surface area contributed by atoms with Gasteiger partial charge in [-0.3, -0.25) is 14.2 Å². The van der Waals surface area contributed by atoms with Crippen molar-refractivity contribution in [2.45, 2.75) is 45.6 Å². The number of rotatable bonds is 2. The Kier molecular flexibility index (Phi) is 3.86. The highest BCUT2D eigenvalue weighted by Crippen LogP contribution is 2.36. The maximum Gasteiger partial charge on any atom is 0.283 e. The van der Waals surface area contributed by atoms with Crippen LogP contribution in [0.25, 0.3) is 11.2 Å². The summed E-state index contributed by atoms with van der Waals surface area (Å²) in [5.41, 5.74) is 0.0933. The zero-order valence-corrected chi connectivity index (χ0v) is 13.9. The van der Waals surface area contributed by atoms with Gasteiger partial charge in [-0.2, -0.15) is 0 Å². The van der Waals surface area contributed by atoms with Gasteiger partial charge in [-0.1, -0.05) is 19.3 Å². The third kappa shape index (κ3) is 2.72. The van der Waals surface area contributed by atoms with Crippen LogP contribution in [-0.2, 0) is 11.3 Å². The van der Waals surface area contributed by atoms with Gasteiger partial charge in [0.25, 0.3) is 11.3 Å². The lowest BCUT2D eigenvalue weighted by Gasteiger charge is -2.41. The van der Waals surface area contributed by atoms with Crippen LogP contribution in [0.4, 0.5) is 0 Å². The van der Waals surface area contributed by atoms with E-state index in [0.29, 0.717) is 11.8 Å². The summed E-state index contributed by atoms with van der Waals surface area (Å²) in [6.07, 6.45) is 7.59. The van der Waals surface area contributed by atoms with Crippen LogP contribution in [0, 0.1) is 18.8 Å². The van der Waals surface area contributed by atoms with Crippen LogP contribution >= 0.6 is 0 Å². The molecule has 2 aromatic rings. The van der Waals surface area contributed by atoms with Gasteiger partial charge in [-0.25, -0.2) is 9.97 Å². The van der Waals surface area contributed by atoms with E-state index in [1.54, 1.807) is 6.92 Å². The molecule has 0 radical (unpaired) electrons. The maximum absolute atomic E-state index is 12.6. The predicted octanol–water partition coefficient (Wildman–Crippen LogP) is 1.73. The molecule has 2 fully saturated rings.